The molecule has 1 fully saturated rings. The van der Waals surface area contributed by atoms with E-state index in [0.717, 1.165) is 26.3 Å². The van der Waals surface area contributed by atoms with Gasteiger partial charge in [0, 0.05) is 41.0 Å². The molecule has 0 saturated carbocycles. The van der Waals surface area contributed by atoms with E-state index in [1.165, 1.54) is 22.2 Å². The number of halogens is 1. The number of ether oxygens (including phenoxy) is 1. The SMILES string of the molecule is CC1(CNCc2cc(Br)cs2)CCOCC1. The Kier molecular flexibility index (Phi) is 4.41. The van der Waals surface area contributed by atoms with Crippen LogP contribution in [0, 0.1) is 5.41 Å². The molecule has 1 N–H and O–H groups in total. The van der Waals surface area contributed by atoms with E-state index in [2.05, 4.69) is 39.6 Å². The van der Waals surface area contributed by atoms with Crippen LogP contribution in [0.5, 0.6) is 0 Å². The number of rotatable bonds is 4. The van der Waals surface area contributed by atoms with Crippen LogP contribution in [0.2, 0.25) is 0 Å². The van der Waals surface area contributed by atoms with Gasteiger partial charge in [-0.15, -0.1) is 11.3 Å². The van der Waals surface area contributed by atoms with E-state index >= 15 is 0 Å². The number of nitrogens with one attached hydrogen (secondary N) is 1. The van der Waals surface area contributed by atoms with Gasteiger partial charge in [-0.2, -0.15) is 0 Å². The van der Waals surface area contributed by atoms with Crippen LogP contribution in [-0.2, 0) is 11.3 Å². The molecule has 0 amide bonds. The van der Waals surface area contributed by atoms with Crippen molar-refractivity contribution in [2.75, 3.05) is 19.8 Å². The molecule has 0 radical (unpaired) electrons. The Hall–Kier alpha value is 0.1000. The topological polar surface area (TPSA) is 21.3 Å². The van der Waals surface area contributed by atoms with Crippen LogP contribution in [0.1, 0.15) is 24.6 Å². The Balaban J connectivity index is 1.74. The van der Waals surface area contributed by atoms with Crippen molar-refractivity contribution in [3.05, 3.63) is 20.8 Å². The van der Waals surface area contributed by atoms with Gasteiger partial charge < -0.3 is 10.1 Å². The summed E-state index contributed by atoms with van der Waals surface area (Å²) in [5.41, 5.74) is 0.423. The molecule has 1 aliphatic rings. The Morgan fingerprint density at radius 1 is 1.50 bits per heavy atom. The van der Waals surface area contributed by atoms with E-state index in [4.69, 9.17) is 4.74 Å². The summed E-state index contributed by atoms with van der Waals surface area (Å²) in [6.45, 7) is 6.26. The second kappa shape index (κ2) is 5.63. The number of hydrogen-bond donors (Lipinski definition) is 1. The van der Waals surface area contributed by atoms with E-state index in [1.54, 1.807) is 11.3 Å². The van der Waals surface area contributed by atoms with Crippen LogP contribution in [-0.4, -0.2) is 19.8 Å². The summed E-state index contributed by atoms with van der Waals surface area (Å²) in [5.74, 6) is 0. The quantitative estimate of drug-likeness (QED) is 0.920. The Bertz CT molecular complexity index is 334. The third-order valence-electron chi connectivity index (χ3n) is 3.17. The lowest BCUT2D eigenvalue weighted by Crippen LogP contribution is -2.36. The predicted octanol–water partition coefficient (Wildman–Crippen LogP) is 3.42. The van der Waals surface area contributed by atoms with E-state index < -0.39 is 0 Å². The van der Waals surface area contributed by atoms with Crippen molar-refractivity contribution in [2.45, 2.75) is 26.3 Å². The second-order valence-corrected chi connectivity index (χ2v) is 6.67. The van der Waals surface area contributed by atoms with Crippen molar-refractivity contribution in [1.29, 1.82) is 0 Å². The zero-order chi connectivity index (χ0) is 11.4. The standard InChI is InChI=1S/C12H18BrNOS/c1-12(2-4-15-5-3-12)9-14-7-11-6-10(13)8-16-11/h6,8,14H,2-5,7,9H2,1H3. The van der Waals surface area contributed by atoms with Crippen LogP contribution in [0.3, 0.4) is 0 Å². The molecule has 0 unspecified atom stereocenters. The van der Waals surface area contributed by atoms with Gasteiger partial charge in [-0.25, -0.2) is 0 Å². The Morgan fingerprint density at radius 3 is 2.88 bits per heavy atom. The van der Waals surface area contributed by atoms with Crippen LogP contribution < -0.4 is 5.32 Å². The highest BCUT2D eigenvalue weighted by atomic mass is 79.9. The highest BCUT2D eigenvalue weighted by Crippen LogP contribution is 2.29. The molecule has 1 aromatic rings. The van der Waals surface area contributed by atoms with Gasteiger partial charge in [0.2, 0.25) is 0 Å². The first-order valence-electron chi connectivity index (χ1n) is 5.69. The smallest absolute Gasteiger partial charge is 0.0471 e. The third-order valence-corrected chi connectivity index (χ3v) is 4.87. The molecule has 16 heavy (non-hydrogen) atoms. The van der Waals surface area contributed by atoms with Crippen molar-refractivity contribution in [3.63, 3.8) is 0 Å². The molecule has 90 valence electrons. The van der Waals surface area contributed by atoms with Gasteiger partial charge in [-0.05, 0) is 40.3 Å². The average molecular weight is 304 g/mol. The van der Waals surface area contributed by atoms with Crippen LogP contribution in [0.25, 0.3) is 0 Å². The molecule has 4 heteroatoms. The van der Waals surface area contributed by atoms with Gasteiger partial charge in [0.15, 0.2) is 0 Å². The lowest BCUT2D eigenvalue weighted by atomic mass is 9.82. The first-order chi connectivity index (χ1) is 7.68. The van der Waals surface area contributed by atoms with E-state index in [-0.39, 0.29) is 0 Å². The first kappa shape index (κ1) is 12.6. The lowest BCUT2D eigenvalue weighted by Gasteiger charge is -2.33. The highest BCUT2D eigenvalue weighted by Gasteiger charge is 2.26. The fraction of sp³-hybridized carbons (Fsp3) is 0.667. The molecular formula is C12H18BrNOS. The van der Waals surface area contributed by atoms with Crippen LogP contribution in [0.4, 0.5) is 0 Å². The minimum Gasteiger partial charge on any atom is -0.381 e. The molecule has 1 aromatic heterocycles. The molecule has 0 aromatic carbocycles. The van der Waals surface area contributed by atoms with E-state index in [0.29, 0.717) is 5.41 Å². The number of thiophene rings is 1. The largest absolute Gasteiger partial charge is 0.381 e. The number of hydrogen-bond acceptors (Lipinski definition) is 3. The van der Waals surface area contributed by atoms with Gasteiger partial charge in [0.05, 0.1) is 0 Å². The highest BCUT2D eigenvalue weighted by molar-refractivity contribution is 9.10. The predicted molar refractivity (Wildman–Crippen MR) is 71.9 cm³/mol. The minimum absolute atomic E-state index is 0.423. The van der Waals surface area contributed by atoms with Crippen molar-refractivity contribution < 1.29 is 4.74 Å². The minimum atomic E-state index is 0.423. The average Bonchev–Trinajstić information content (AvgIpc) is 2.65. The molecule has 2 rings (SSSR count). The summed E-state index contributed by atoms with van der Waals surface area (Å²) in [6, 6.07) is 2.18. The van der Waals surface area contributed by atoms with Crippen LogP contribution in [0.15, 0.2) is 15.9 Å². The Labute approximate surface area is 110 Å². The third kappa shape index (κ3) is 3.55. The second-order valence-electron chi connectivity index (χ2n) is 4.76. The summed E-state index contributed by atoms with van der Waals surface area (Å²) in [6.07, 6.45) is 2.35. The molecule has 0 bridgehead atoms. The van der Waals surface area contributed by atoms with Crippen molar-refractivity contribution in [1.82, 2.24) is 5.32 Å². The summed E-state index contributed by atoms with van der Waals surface area (Å²) in [5, 5.41) is 5.69. The fourth-order valence-corrected chi connectivity index (χ4v) is 3.40. The van der Waals surface area contributed by atoms with Gasteiger partial charge in [-0.1, -0.05) is 6.92 Å². The zero-order valence-corrected chi connectivity index (χ0v) is 12.0. The molecule has 2 nitrogen and oxygen atoms in total. The zero-order valence-electron chi connectivity index (χ0n) is 9.59. The molecule has 1 saturated heterocycles. The Morgan fingerprint density at radius 2 is 2.25 bits per heavy atom. The molecule has 0 spiro atoms. The summed E-state index contributed by atoms with van der Waals surface area (Å²) in [7, 11) is 0. The van der Waals surface area contributed by atoms with E-state index in [1.807, 2.05) is 0 Å². The van der Waals surface area contributed by atoms with Gasteiger partial charge in [0.1, 0.15) is 0 Å². The maximum Gasteiger partial charge on any atom is 0.0471 e. The summed E-state index contributed by atoms with van der Waals surface area (Å²) in [4.78, 5) is 1.39. The maximum absolute atomic E-state index is 5.40. The fourth-order valence-electron chi connectivity index (χ4n) is 1.97. The van der Waals surface area contributed by atoms with Gasteiger partial charge in [0.25, 0.3) is 0 Å². The summed E-state index contributed by atoms with van der Waals surface area (Å²) >= 11 is 5.28. The van der Waals surface area contributed by atoms with Crippen molar-refractivity contribution in [2.24, 2.45) is 5.41 Å². The van der Waals surface area contributed by atoms with Crippen molar-refractivity contribution >= 4 is 27.3 Å². The maximum atomic E-state index is 5.40. The molecule has 0 atom stereocenters. The monoisotopic (exact) mass is 303 g/mol. The van der Waals surface area contributed by atoms with Gasteiger partial charge in [-0.3, -0.25) is 0 Å². The van der Waals surface area contributed by atoms with Gasteiger partial charge >= 0.3 is 0 Å². The summed E-state index contributed by atoms with van der Waals surface area (Å²) < 4.78 is 6.59. The molecule has 2 heterocycles. The normalized spacial score (nSPS) is 19.9. The van der Waals surface area contributed by atoms with Crippen LogP contribution >= 0.6 is 27.3 Å². The van der Waals surface area contributed by atoms with E-state index in [9.17, 15) is 0 Å². The molecular weight excluding hydrogens is 286 g/mol. The molecule has 0 aliphatic carbocycles. The first-order valence-corrected chi connectivity index (χ1v) is 7.37. The van der Waals surface area contributed by atoms with Crippen molar-refractivity contribution in [3.8, 4) is 0 Å². The lowest BCUT2D eigenvalue weighted by molar-refractivity contribution is 0.0240. The molecule has 1 aliphatic heterocycles.